The lowest BCUT2D eigenvalue weighted by atomic mass is 9.86. The molecule has 0 atom stereocenters. The zero-order valence-electron chi connectivity index (χ0n) is 10.9. The number of hydrogen-bond donors (Lipinski definition) is 1. The first kappa shape index (κ1) is 14.8. The number of halogens is 2. The smallest absolute Gasteiger partial charge is 0.224 e. The summed E-state index contributed by atoms with van der Waals surface area (Å²) >= 11 is 2.04. The van der Waals surface area contributed by atoms with Crippen molar-refractivity contribution in [1.29, 1.82) is 0 Å². The van der Waals surface area contributed by atoms with Crippen LogP contribution < -0.4 is 5.32 Å². The van der Waals surface area contributed by atoms with E-state index in [4.69, 9.17) is 0 Å². The number of rotatable bonds is 4. The van der Waals surface area contributed by atoms with E-state index >= 15 is 0 Å². The van der Waals surface area contributed by atoms with Gasteiger partial charge in [-0.15, -0.1) is 0 Å². The topological polar surface area (TPSA) is 29.1 Å². The Labute approximate surface area is 127 Å². The normalized spacial score (nSPS) is 16.3. The Morgan fingerprint density at radius 3 is 2.74 bits per heavy atom. The molecule has 1 fully saturated rings. The second kappa shape index (κ2) is 7.22. The number of carbonyl (C=O) groups is 1. The van der Waals surface area contributed by atoms with Gasteiger partial charge in [0.1, 0.15) is 5.82 Å². The number of hydrogen-bond acceptors (Lipinski definition) is 1. The molecule has 1 aliphatic rings. The molecule has 104 valence electrons. The summed E-state index contributed by atoms with van der Waals surface area (Å²) in [6.45, 7) is 0. The molecule has 1 saturated carbocycles. The van der Waals surface area contributed by atoms with Gasteiger partial charge in [-0.05, 0) is 53.1 Å². The second-order valence-electron chi connectivity index (χ2n) is 5.22. The molecule has 0 saturated heterocycles. The van der Waals surface area contributed by atoms with E-state index < -0.39 is 0 Å². The van der Waals surface area contributed by atoms with Gasteiger partial charge in [0.25, 0.3) is 0 Å². The van der Waals surface area contributed by atoms with E-state index in [0.717, 1.165) is 9.99 Å². The number of nitrogens with one attached hydrogen (secondary N) is 1. The Balaban J connectivity index is 1.80. The quantitative estimate of drug-likeness (QED) is 0.758. The van der Waals surface area contributed by atoms with Crippen LogP contribution in [0.5, 0.6) is 0 Å². The molecule has 0 radical (unpaired) electrons. The molecule has 4 heteroatoms. The fourth-order valence-corrected chi connectivity index (χ4v) is 3.23. The first-order valence-electron chi connectivity index (χ1n) is 6.90. The van der Waals surface area contributed by atoms with Gasteiger partial charge in [-0.2, -0.15) is 0 Å². The van der Waals surface area contributed by atoms with E-state index in [1.807, 2.05) is 22.6 Å². The molecule has 0 heterocycles. The van der Waals surface area contributed by atoms with Gasteiger partial charge < -0.3 is 5.32 Å². The first-order valence-corrected chi connectivity index (χ1v) is 7.98. The lowest BCUT2D eigenvalue weighted by Crippen LogP contribution is -2.15. The van der Waals surface area contributed by atoms with Crippen LogP contribution in [-0.4, -0.2) is 5.91 Å². The summed E-state index contributed by atoms with van der Waals surface area (Å²) in [4.78, 5) is 11.9. The summed E-state index contributed by atoms with van der Waals surface area (Å²) in [7, 11) is 0. The molecule has 1 aliphatic carbocycles. The summed E-state index contributed by atoms with van der Waals surface area (Å²) < 4.78 is 13.7. The van der Waals surface area contributed by atoms with Crippen LogP contribution in [0.2, 0.25) is 0 Å². The molecule has 0 bridgehead atoms. The Morgan fingerprint density at radius 1 is 1.32 bits per heavy atom. The number of amides is 1. The van der Waals surface area contributed by atoms with Gasteiger partial charge >= 0.3 is 0 Å². The van der Waals surface area contributed by atoms with Crippen LogP contribution in [0.4, 0.5) is 10.1 Å². The maximum Gasteiger partial charge on any atom is 0.224 e. The van der Waals surface area contributed by atoms with E-state index in [2.05, 4.69) is 5.32 Å². The average Bonchev–Trinajstić information content (AvgIpc) is 2.41. The van der Waals surface area contributed by atoms with Crippen LogP contribution >= 0.6 is 22.6 Å². The fraction of sp³-hybridized carbons (Fsp3) is 0.533. The maximum absolute atomic E-state index is 13.0. The zero-order valence-corrected chi connectivity index (χ0v) is 13.1. The molecule has 1 aromatic rings. The summed E-state index contributed by atoms with van der Waals surface area (Å²) in [5, 5.41) is 2.86. The van der Waals surface area contributed by atoms with Gasteiger partial charge in [-0.1, -0.05) is 32.1 Å². The molecule has 2 rings (SSSR count). The molecule has 0 spiro atoms. The molecule has 1 aromatic carbocycles. The number of benzene rings is 1. The van der Waals surface area contributed by atoms with Crippen LogP contribution in [0.15, 0.2) is 18.2 Å². The van der Waals surface area contributed by atoms with Crippen molar-refractivity contribution in [3.05, 3.63) is 27.6 Å². The molecular formula is C15H19FINO. The monoisotopic (exact) mass is 375 g/mol. The molecule has 0 aliphatic heterocycles. The third kappa shape index (κ3) is 4.75. The van der Waals surface area contributed by atoms with Crippen molar-refractivity contribution in [3.63, 3.8) is 0 Å². The highest BCUT2D eigenvalue weighted by molar-refractivity contribution is 14.1. The second-order valence-corrected chi connectivity index (χ2v) is 6.38. The van der Waals surface area contributed by atoms with Crippen LogP contribution in [0.3, 0.4) is 0 Å². The molecular weight excluding hydrogens is 356 g/mol. The van der Waals surface area contributed by atoms with E-state index in [9.17, 15) is 9.18 Å². The fourth-order valence-electron chi connectivity index (χ4n) is 2.61. The van der Waals surface area contributed by atoms with Gasteiger partial charge in [-0.25, -0.2) is 4.39 Å². The van der Waals surface area contributed by atoms with Gasteiger partial charge in [0.2, 0.25) is 5.91 Å². The standard InChI is InChI=1S/C15H19FINO/c16-12-7-8-14(13(17)10-12)18-15(19)9-6-11-4-2-1-3-5-11/h7-8,10-11H,1-6,9H2,(H,18,19). The van der Waals surface area contributed by atoms with E-state index in [-0.39, 0.29) is 11.7 Å². The average molecular weight is 375 g/mol. The highest BCUT2D eigenvalue weighted by Crippen LogP contribution is 2.27. The van der Waals surface area contributed by atoms with E-state index in [1.54, 1.807) is 6.07 Å². The Bertz CT molecular complexity index is 444. The summed E-state index contributed by atoms with van der Waals surface area (Å²) in [6, 6.07) is 4.42. The molecule has 2 nitrogen and oxygen atoms in total. The van der Waals surface area contributed by atoms with Crippen LogP contribution in [0.25, 0.3) is 0 Å². The van der Waals surface area contributed by atoms with Crippen molar-refractivity contribution in [2.45, 2.75) is 44.9 Å². The van der Waals surface area contributed by atoms with Crippen LogP contribution in [0.1, 0.15) is 44.9 Å². The maximum atomic E-state index is 13.0. The highest BCUT2D eigenvalue weighted by atomic mass is 127. The van der Waals surface area contributed by atoms with E-state index in [1.165, 1.54) is 44.2 Å². The van der Waals surface area contributed by atoms with Crippen LogP contribution in [0, 0.1) is 15.3 Å². The molecule has 19 heavy (non-hydrogen) atoms. The third-order valence-corrected chi connectivity index (χ3v) is 4.60. The van der Waals surface area contributed by atoms with Crippen molar-refractivity contribution < 1.29 is 9.18 Å². The lowest BCUT2D eigenvalue weighted by molar-refractivity contribution is -0.116. The van der Waals surface area contributed by atoms with Gasteiger partial charge in [0, 0.05) is 9.99 Å². The van der Waals surface area contributed by atoms with E-state index in [0.29, 0.717) is 18.0 Å². The van der Waals surface area contributed by atoms with Gasteiger partial charge in [-0.3, -0.25) is 4.79 Å². The van der Waals surface area contributed by atoms with Gasteiger partial charge in [0.05, 0.1) is 5.69 Å². The zero-order chi connectivity index (χ0) is 13.7. The minimum atomic E-state index is -0.274. The molecule has 1 amide bonds. The van der Waals surface area contributed by atoms with Crippen molar-refractivity contribution in [1.82, 2.24) is 0 Å². The predicted octanol–water partition coefficient (Wildman–Crippen LogP) is 4.73. The summed E-state index contributed by atoms with van der Waals surface area (Å²) in [6.07, 6.45) is 8.03. The number of anilines is 1. The Hall–Kier alpha value is -0.650. The lowest BCUT2D eigenvalue weighted by Gasteiger charge is -2.21. The Morgan fingerprint density at radius 2 is 2.05 bits per heavy atom. The van der Waals surface area contributed by atoms with Crippen molar-refractivity contribution in [2.75, 3.05) is 5.32 Å². The summed E-state index contributed by atoms with van der Waals surface area (Å²) in [5.41, 5.74) is 0.704. The SMILES string of the molecule is O=C(CCC1CCCCC1)Nc1ccc(F)cc1I. The van der Waals surface area contributed by atoms with Gasteiger partial charge in [0.15, 0.2) is 0 Å². The van der Waals surface area contributed by atoms with Crippen molar-refractivity contribution in [2.24, 2.45) is 5.92 Å². The van der Waals surface area contributed by atoms with Crippen molar-refractivity contribution in [3.8, 4) is 0 Å². The van der Waals surface area contributed by atoms with Crippen molar-refractivity contribution >= 4 is 34.2 Å². The summed E-state index contributed by atoms with van der Waals surface area (Å²) in [5.74, 6) is 0.478. The Kier molecular flexibility index (Phi) is 5.60. The minimum absolute atomic E-state index is 0.0371. The van der Waals surface area contributed by atoms with Crippen LogP contribution in [-0.2, 0) is 4.79 Å². The minimum Gasteiger partial charge on any atom is -0.325 e. The predicted molar refractivity (Wildman–Crippen MR) is 83.6 cm³/mol. The highest BCUT2D eigenvalue weighted by Gasteiger charge is 2.15. The molecule has 1 N–H and O–H groups in total. The molecule has 0 unspecified atom stereocenters. The first-order chi connectivity index (χ1) is 9.15. The third-order valence-electron chi connectivity index (χ3n) is 3.71. The molecule has 0 aromatic heterocycles. The number of carbonyl (C=O) groups excluding carboxylic acids is 1. The largest absolute Gasteiger partial charge is 0.325 e.